The number of rotatable bonds is 8. The number of hydrogen-bond acceptors (Lipinski definition) is 5. The second-order valence-corrected chi connectivity index (χ2v) is 6.23. The minimum Gasteiger partial charge on any atom is -0.497 e. The number of hydrogen-bond donors (Lipinski definition) is 1. The lowest BCUT2D eigenvalue weighted by Gasteiger charge is -2.36. The zero-order valence-corrected chi connectivity index (χ0v) is 14.8. The highest BCUT2D eigenvalue weighted by Crippen LogP contribution is 2.17. The number of ether oxygens (including phenoxy) is 3. The van der Waals surface area contributed by atoms with E-state index in [-0.39, 0.29) is 12.5 Å². The van der Waals surface area contributed by atoms with Crippen LogP contribution in [-0.2, 0) is 9.53 Å². The predicted octanol–water partition coefficient (Wildman–Crippen LogP) is 1.55. The lowest BCUT2D eigenvalue weighted by Crippen LogP contribution is -2.51. The normalized spacial score (nSPS) is 16.7. The lowest BCUT2D eigenvalue weighted by atomic mass is 10.0. The molecule has 1 unspecified atom stereocenters. The van der Waals surface area contributed by atoms with Crippen LogP contribution in [-0.4, -0.2) is 63.4 Å². The quantitative estimate of drug-likeness (QED) is 0.780. The molecule has 1 N–H and O–H groups in total. The molecule has 1 heterocycles. The average molecular weight is 336 g/mol. The molecule has 1 aliphatic rings. The van der Waals surface area contributed by atoms with Crippen molar-refractivity contribution in [1.29, 1.82) is 0 Å². The van der Waals surface area contributed by atoms with E-state index in [1.807, 2.05) is 0 Å². The molecule has 0 bridgehead atoms. The van der Waals surface area contributed by atoms with Crippen molar-refractivity contribution in [3.63, 3.8) is 0 Å². The molecular formula is C18H28N2O4. The van der Waals surface area contributed by atoms with Crippen LogP contribution in [0.4, 0.5) is 0 Å². The van der Waals surface area contributed by atoms with Gasteiger partial charge in [0.05, 0.1) is 20.3 Å². The SMILES string of the molecule is COc1ccc(OCC(=O)NCC(C(C)C)N2CCOCC2)cc1. The third-order valence-electron chi connectivity index (χ3n) is 4.22. The summed E-state index contributed by atoms with van der Waals surface area (Å²) in [5.41, 5.74) is 0. The van der Waals surface area contributed by atoms with Crippen LogP contribution in [0.5, 0.6) is 11.5 Å². The van der Waals surface area contributed by atoms with Crippen molar-refractivity contribution in [1.82, 2.24) is 10.2 Å². The Morgan fingerprint density at radius 2 is 1.83 bits per heavy atom. The molecule has 1 aromatic carbocycles. The molecule has 6 heteroatoms. The molecule has 134 valence electrons. The van der Waals surface area contributed by atoms with Gasteiger partial charge in [-0.05, 0) is 30.2 Å². The van der Waals surface area contributed by atoms with E-state index in [1.165, 1.54) is 0 Å². The Morgan fingerprint density at radius 1 is 1.21 bits per heavy atom. The number of carbonyl (C=O) groups is 1. The molecule has 1 aliphatic heterocycles. The van der Waals surface area contributed by atoms with E-state index in [0.717, 1.165) is 32.1 Å². The molecule has 1 amide bonds. The van der Waals surface area contributed by atoms with E-state index >= 15 is 0 Å². The number of methoxy groups -OCH3 is 1. The molecule has 0 saturated carbocycles. The standard InChI is InChI=1S/C18H28N2O4/c1-14(2)17(20-8-10-23-11-9-20)12-19-18(21)13-24-16-6-4-15(22-3)5-7-16/h4-7,14,17H,8-13H2,1-3H3,(H,19,21). The first-order valence-corrected chi connectivity index (χ1v) is 8.45. The largest absolute Gasteiger partial charge is 0.497 e. The highest BCUT2D eigenvalue weighted by Gasteiger charge is 2.24. The first kappa shape index (κ1) is 18.5. The summed E-state index contributed by atoms with van der Waals surface area (Å²) in [6, 6.07) is 7.51. The van der Waals surface area contributed by atoms with Crippen molar-refractivity contribution in [2.24, 2.45) is 5.92 Å². The van der Waals surface area contributed by atoms with Crippen molar-refractivity contribution in [2.75, 3.05) is 46.6 Å². The summed E-state index contributed by atoms with van der Waals surface area (Å²) in [6.45, 7) is 8.36. The number of nitrogens with one attached hydrogen (secondary N) is 1. The zero-order chi connectivity index (χ0) is 17.4. The van der Waals surface area contributed by atoms with Gasteiger partial charge >= 0.3 is 0 Å². The molecule has 0 aromatic heterocycles. The van der Waals surface area contributed by atoms with Gasteiger partial charge in [-0.1, -0.05) is 13.8 Å². The third-order valence-corrected chi connectivity index (χ3v) is 4.22. The Hall–Kier alpha value is -1.79. The molecular weight excluding hydrogens is 308 g/mol. The number of amides is 1. The van der Waals surface area contributed by atoms with Crippen molar-refractivity contribution in [3.05, 3.63) is 24.3 Å². The van der Waals surface area contributed by atoms with Crippen LogP contribution in [0.1, 0.15) is 13.8 Å². The molecule has 0 radical (unpaired) electrons. The lowest BCUT2D eigenvalue weighted by molar-refractivity contribution is -0.123. The molecule has 0 aliphatic carbocycles. The Balaban J connectivity index is 1.75. The molecule has 1 fully saturated rings. The van der Waals surface area contributed by atoms with Gasteiger partial charge in [-0.2, -0.15) is 0 Å². The first-order valence-electron chi connectivity index (χ1n) is 8.45. The fourth-order valence-corrected chi connectivity index (χ4v) is 2.79. The van der Waals surface area contributed by atoms with Gasteiger partial charge in [0, 0.05) is 25.7 Å². The van der Waals surface area contributed by atoms with E-state index in [9.17, 15) is 4.79 Å². The van der Waals surface area contributed by atoms with Gasteiger partial charge in [0.1, 0.15) is 11.5 Å². The third kappa shape index (κ3) is 5.69. The van der Waals surface area contributed by atoms with Crippen LogP contribution < -0.4 is 14.8 Å². The van der Waals surface area contributed by atoms with Crippen molar-refractivity contribution in [3.8, 4) is 11.5 Å². The molecule has 24 heavy (non-hydrogen) atoms. The van der Waals surface area contributed by atoms with Gasteiger partial charge in [-0.15, -0.1) is 0 Å². The molecule has 2 rings (SSSR count). The summed E-state index contributed by atoms with van der Waals surface area (Å²) in [6.07, 6.45) is 0. The van der Waals surface area contributed by atoms with Gasteiger partial charge in [-0.25, -0.2) is 0 Å². The fraction of sp³-hybridized carbons (Fsp3) is 0.611. The number of nitrogens with zero attached hydrogens (tertiary/aromatic N) is 1. The van der Waals surface area contributed by atoms with E-state index in [4.69, 9.17) is 14.2 Å². The van der Waals surface area contributed by atoms with Crippen molar-refractivity contribution in [2.45, 2.75) is 19.9 Å². The van der Waals surface area contributed by atoms with Crippen LogP contribution in [0, 0.1) is 5.92 Å². The number of morpholine rings is 1. The summed E-state index contributed by atoms with van der Waals surface area (Å²) in [5, 5.41) is 2.98. The van der Waals surface area contributed by atoms with Gasteiger partial charge in [0.25, 0.3) is 5.91 Å². The summed E-state index contributed by atoms with van der Waals surface area (Å²) in [4.78, 5) is 14.4. The van der Waals surface area contributed by atoms with E-state index in [0.29, 0.717) is 24.3 Å². The van der Waals surface area contributed by atoms with E-state index < -0.39 is 0 Å². The fourth-order valence-electron chi connectivity index (χ4n) is 2.79. The second kappa shape index (κ2) is 9.49. The maximum atomic E-state index is 12.0. The summed E-state index contributed by atoms with van der Waals surface area (Å²) >= 11 is 0. The van der Waals surface area contributed by atoms with E-state index in [2.05, 4.69) is 24.1 Å². The number of benzene rings is 1. The Kier molecular flexibility index (Phi) is 7.34. The Morgan fingerprint density at radius 3 is 2.42 bits per heavy atom. The molecule has 1 saturated heterocycles. The predicted molar refractivity (Wildman–Crippen MR) is 92.5 cm³/mol. The van der Waals surface area contributed by atoms with Crippen LogP contribution in [0.3, 0.4) is 0 Å². The average Bonchev–Trinajstić information content (AvgIpc) is 2.61. The monoisotopic (exact) mass is 336 g/mol. The smallest absolute Gasteiger partial charge is 0.257 e. The highest BCUT2D eigenvalue weighted by molar-refractivity contribution is 5.77. The molecule has 0 spiro atoms. The van der Waals surface area contributed by atoms with Gasteiger partial charge in [0.2, 0.25) is 0 Å². The van der Waals surface area contributed by atoms with Gasteiger partial charge in [0.15, 0.2) is 6.61 Å². The minimum atomic E-state index is -0.107. The van der Waals surface area contributed by atoms with Gasteiger partial charge in [-0.3, -0.25) is 9.69 Å². The molecule has 1 aromatic rings. The Bertz CT molecular complexity index is 498. The van der Waals surface area contributed by atoms with E-state index in [1.54, 1.807) is 31.4 Å². The minimum absolute atomic E-state index is 0.0141. The topological polar surface area (TPSA) is 60.0 Å². The van der Waals surface area contributed by atoms with Gasteiger partial charge < -0.3 is 19.5 Å². The maximum absolute atomic E-state index is 12.0. The van der Waals surface area contributed by atoms with Crippen molar-refractivity contribution < 1.29 is 19.0 Å². The molecule has 1 atom stereocenters. The molecule has 6 nitrogen and oxygen atoms in total. The zero-order valence-electron chi connectivity index (χ0n) is 14.8. The van der Waals surface area contributed by atoms with Crippen LogP contribution in [0.15, 0.2) is 24.3 Å². The summed E-state index contributed by atoms with van der Waals surface area (Å²) < 4.78 is 16.0. The first-order chi connectivity index (χ1) is 11.6. The summed E-state index contributed by atoms with van der Waals surface area (Å²) in [5.74, 6) is 1.77. The van der Waals surface area contributed by atoms with Crippen LogP contribution in [0.25, 0.3) is 0 Å². The summed E-state index contributed by atoms with van der Waals surface area (Å²) in [7, 11) is 1.61. The second-order valence-electron chi connectivity index (χ2n) is 6.23. The Labute approximate surface area is 144 Å². The number of carbonyl (C=O) groups excluding carboxylic acids is 1. The van der Waals surface area contributed by atoms with Crippen molar-refractivity contribution >= 4 is 5.91 Å². The highest BCUT2D eigenvalue weighted by atomic mass is 16.5. The van der Waals surface area contributed by atoms with Crippen LogP contribution in [0.2, 0.25) is 0 Å². The maximum Gasteiger partial charge on any atom is 0.257 e. The van der Waals surface area contributed by atoms with Crippen LogP contribution >= 0.6 is 0 Å².